The van der Waals surface area contributed by atoms with Crippen molar-refractivity contribution in [2.45, 2.75) is 12.5 Å². The molecule has 0 aliphatic carbocycles. The van der Waals surface area contributed by atoms with Crippen molar-refractivity contribution in [2.24, 2.45) is 0 Å². The van der Waals surface area contributed by atoms with E-state index < -0.39 is 29.7 Å². The molecule has 0 heterocycles. The van der Waals surface area contributed by atoms with Crippen LogP contribution in [0.3, 0.4) is 0 Å². The smallest absolute Gasteiger partial charge is 0.405 e. The molecule has 2 aromatic rings. The molecule has 5 nitrogen and oxygen atoms in total. The van der Waals surface area contributed by atoms with Gasteiger partial charge in [0, 0.05) is 9.99 Å². The molecule has 0 aliphatic rings. The van der Waals surface area contributed by atoms with Gasteiger partial charge in [0.25, 0.3) is 0 Å². The number of anilines is 1. The number of carbonyl (C=O) groups is 2. The van der Waals surface area contributed by atoms with E-state index in [1.54, 1.807) is 6.07 Å². The van der Waals surface area contributed by atoms with E-state index in [4.69, 9.17) is 5.11 Å². The van der Waals surface area contributed by atoms with E-state index in [1.807, 2.05) is 22.6 Å². The van der Waals surface area contributed by atoms with Crippen LogP contribution < -0.4 is 10.6 Å². The number of nitrogens with one attached hydrogen (secondary N) is 2. The average Bonchev–Trinajstić information content (AvgIpc) is 2.51. The van der Waals surface area contributed by atoms with Crippen LogP contribution in [0.1, 0.15) is 5.56 Å². The third-order valence-corrected chi connectivity index (χ3v) is 3.83. The van der Waals surface area contributed by atoms with Crippen molar-refractivity contribution in [1.82, 2.24) is 5.32 Å². The molecule has 0 aliphatic heterocycles. The number of amides is 2. The van der Waals surface area contributed by atoms with Crippen LogP contribution in [0.25, 0.3) is 0 Å². The predicted molar refractivity (Wildman–Crippen MR) is 92.8 cm³/mol. The average molecular weight is 446 g/mol. The van der Waals surface area contributed by atoms with Gasteiger partial charge < -0.3 is 15.7 Å². The number of halogens is 3. The van der Waals surface area contributed by atoms with Gasteiger partial charge in [0.2, 0.25) is 5.91 Å². The first-order valence-corrected chi connectivity index (χ1v) is 7.93. The van der Waals surface area contributed by atoms with Crippen LogP contribution in [-0.4, -0.2) is 23.1 Å². The second-order valence-electron chi connectivity index (χ2n) is 4.95. The Morgan fingerprint density at radius 2 is 1.79 bits per heavy atom. The molecule has 24 heavy (non-hydrogen) atoms. The van der Waals surface area contributed by atoms with Gasteiger partial charge in [-0.15, -0.1) is 0 Å². The fraction of sp³-hybridized carbons (Fsp3) is 0.125. The van der Waals surface area contributed by atoms with Crippen LogP contribution in [0.4, 0.5) is 19.3 Å². The molecule has 0 aromatic heterocycles. The number of hydrogen-bond acceptors (Lipinski definition) is 2. The topological polar surface area (TPSA) is 78.4 Å². The molecular formula is C16H13F2IN2O3. The van der Waals surface area contributed by atoms with E-state index in [9.17, 15) is 18.4 Å². The second-order valence-corrected chi connectivity index (χ2v) is 6.19. The fourth-order valence-electron chi connectivity index (χ4n) is 2.03. The Kier molecular flexibility index (Phi) is 6.07. The lowest BCUT2D eigenvalue weighted by atomic mass is 10.1. The molecule has 2 aromatic carbocycles. The van der Waals surface area contributed by atoms with Crippen molar-refractivity contribution in [3.05, 3.63) is 63.2 Å². The molecule has 0 saturated heterocycles. The Morgan fingerprint density at radius 3 is 2.38 bits per heavy atom. The summed E-state index contributed by atoms with van der Waals surface area (Å²) in [7, 11) is 0. The highest BCUT2D eigenvalue weighted by molar-refractivity contribution is 14.1. The van der Waals surface area contributed by atoms with Gasteiger partial charge >= 0.3 is 6.09 Å². The largest absolute Gasteiger partial charge is 0.465 e. The Labute approximate surface area is 150 Å². The minimum atomic E-state index is -1.39. The van der Waals surface area contributed by atoms with E-state index in [0.29, 0.717) is 9.13 Å². The summed E-state index contributed by atoms with van der Waals surface area (Å²) >= 11 is 1.93. The van der Waals surface area contributed by atoms with Crippen LogP contribution >= 0.6 is 22.6 Å². The highest BCUT2D eigenvalue weighted by Gasteiger charge is 2.22. The minimum Gasteiger partial charge on any atom is -0.465 e. The summed E-state index contributed by atoms with van der Waals surface area (Å²) in [6.45, 7) is 0. The van der Waals surface area contributed by atoms with Crippen molar-refractivity contribution in [3.8, 4) is 0 Å². The van der Waals surface area contributed by atoms with Gasteiger partial charge in [-0.25, -0.2) is 13.6 Å². The van der Waals surface area contributed by atoms with Gasteiger partial charge in [-0.2, -0.15) is 0 Å². The molecule has 0 bridgehead atoms. The van der Waals surface area contributed by atoms with Gasteiger partial charge in [-0.3, -0.25) is 4.79 Å². The first kappa shape index (κ1) is 18.1. The van der Waals surface area contributed by atoms with Crippen molar-refractivity contribution in [1.29, 1.82) is 0 Å². The van der Waals surface area contributed by atoms with Crippen LogP contribution in [0.15, 0.2) is 42.5 Å². The molecule has 0 radical (unpaired) electrons. The predicted octanol–water partition coefficient (Wildman–Crippen LogP) is 3.39. The van der Waals surface area contributed by atoms with Crippen LogP contribution in [0.5, 0.6) is 0 Å². The van der Waals surface area contributed by atoms with Crippen LogP contribution in [-0.2, 0) is 11.2 Å². The quantitative estimate of drug-likeness (QED) is 0.617. The molecule has 8 heteroatoms. The van der Waals surface area contributed by atoms with E-state index in [1.165, 1.54) is 36.4 Å². The normalized spacial score (nSPS) is 11.6. The van der Waals surface area contributed by atoms with E-state index >= 15 is 0 Å². The van der Waals surface area contributed by atoms with Gasteiger partial charge in [-0.1, -0.05) is 12.1 Å². The van der Waals surface area contributed by atoms with Gasteiger partial charge in [0.05, 0.1) is 5.69 Å². The summed E-state index contributed by atoms with van der Waals surface area (Å²) < 4.78 is 27.4. The first-order valence-electron chi connectivity index (χ1n) is 6.85. The molecule has 0 fully saturated rings. The zero-order valence-corrected chi connectivity index (χ0v) is 14.4. The molecule has 126 valence electrons. The van der Waals surface area contributed by atoms with Gasteiger partial charge in [0.15, 0.2) is 0 Å². The maximum atomic E-state index is 13.8. The minimum absolute atomic E-state index is 0.00437. The standard InChI is InChI=1S/C16H13F2IN2O3/c17-10-3-1-9(2-4-10)7-14(21-16(23)24)15(22)20-13-6-5-11(19)8-12(13)18/h1-6,8,14,21H,7H2,(H,20,22)(H,23,24)/t14-/m0/s1. The number of carbonyl (C=O) groups excluding carboxylic acids is 1. The number of carboxylic acid groups (broad SMARTS) is 1. The lowest BCUT2D eigenvalue weighted by molar-refractivity contribution is -0.118. The third-order valence-electron chi connectivity index (χ3n) is 3.16. The highest BCUT2D eigenvalue weighted by atomic mass is 127. The molecule has 1 atom stereocenters. The molecule has 0 spiro atoms. The van der Waals surface area contributed by atoms with Gasteiger partial charge in [0.1, 0.15) is 17.7 Å². The second kappa shape index (κ2) is 8.04. The lowest BCUT2D eigenvalue weighted by Crippen LogP contribution is -2.44. The van der Waals surface area contributed by atoms with E-state index in [0.717, 1.165) is 0 Å². The fourth-order valence-corrected chi connectivity index (χ4v) is 2.48. The van der Waals surface area contributed by atoms with Crippen molar-refractivity contribution < 1.29 is 23.5 Å². The van der Waals surface area contributed by atoms with Crippen molar-refractivity contribution in [3.63, 3.8) is 0 Å². The summed E-state index contributed by atoms with van der Waals surface area (Å²) in [5.74, 6) is -1.76. The van der Waals surface area contributed by atoms with Crippen LogP contribution in [0.2, 0.25) is 0 Å². The number of benzene rings is 2. The summed E-state index contributed by atoms with van der Waals surface area (Å²) in [5, 5.41) is 13.3. The Morgan fingerprint density at radius 1 is 1.12 bits per heavy atom. The molecule has 2 rings (SSSR count). The molecular weight excluding hydrogens is 433 g/mol. The summed E-state index contributed by atoms with van der Waals surface area (Å²) in [6.07, 6.45) is -1.38. The number of rotatable bonds is 5. The summed E-state index contributed by atoms with van der Waals surface area (Å²) in [6, 6.07) is 8.43. The highest BCUT2D eigenvalue weighted by Crippen LogP contribution is 2.17. The van der Waals surface area contributed by atoms with Gasteiger partial charge in [-0.05, 0) is 58.5 Å². The Hall–Kier alpha value is -2.23. The Bertz CT molecular complexity index is 753. The molecule has 2 amide bonds. The zero-order chi connectivity index (χ0) is 17.7. The van der Waals surface area contributed by atoms with E-state index in [-0.39, 0.29) is 12.1 Å². The van der Waals surface area contributed by atoms with E-state index in [2.05, 4.69) is 10.6 Å². The number of hydrogen-bond donors (Lipinski definition) is 3. The molecule has 0 saturated carbocycles. The third kappa shape index (κ3) is 5.15. The monoisotopic (exact) mass is 446 g/mol. The SMILES string of the molecule is O=C(O)N[C@@H](Cc1ccc(F)cc1)C(=O)Nc1ccc(I)cc1F. The molecule has 0 unspecified atom stereocenters. The Balaban J connectivity index is 2.15. The van der Waals surface area contributed by atoms with Crippen molar-refractivity contribution in [2.75, 3.05) is 5.32 Å². The van der Waals surface area contributed by atoms with Crippen molar-refractivity contribution >= 4 is 40.3 Å². The lowest BCUT2D eigenvalue weighted by Gasteiger charge is -2.17. The molecule has 3 N–H and O–H groups in total. The maximum absolute atomic E-state index is 13.8. The zero-order valence-electron chi connectivity index (χ0n) is 12.2. The maximum Gasteiger partial charge on any atom is 0.405 e. The van der Waals surface area contributed by atoms with Crippen LogP contribution in [0, 0.1) is 15.2 Å². The summed E-state index contributed by atoms with van der Waals surface area (Å²) in [4.78, 5) is 23.2. The summed E-state index contributed by atoms with van der Waals surface area (Å²) in [5.41, 5.74) is 0.519. The first-order chi connectivity index (χ1) is 11.3.